The molecule has 0 unspecified atom stereocenters. The second-order valence-corrected chi connectivity index (χ2v) is 2.08. The van der Waals surface area contributed by atoms with Crippen molar-refractivity contribution < 1.29 is 34.1 Å². The Morgan fingerprint density at radius 1 is 0.733 bits per heavy atom. The number of hydrogen-bond acceptors (Lipinski definition) is 5. The molecule has 7 nitrogen and oxygen atoms in total. The van der Waals surface area contributed by atoms with Gasteiger partial charge in [-0.3, -0.25) is 0 Å². The van der Waals surface area contributed by atoms with E-state index in [1.165, 1.54) is 0 Å². The Bertz CT molecular complexity index is 316. The van der Waals surface area contributed by atoms with Gasteiger partial charge < -0.3 is 14.9 Å². The van der Waals surface area contributed by atoms with Crippen LogP contribution in [-0.2, 0) is 23.9 Å². The third kappa shape index (κ3) is 7.91. The van der Waals surface area contributed by atoms with Crippen molar-refractivity contribution in [3.05, 3.63) is 24.3 Å². The van der Waals surface area contributed by atoms with E-state index >= 15 is 0 Å². The Morgan fingerprint density at radius 2 is 1.07 bits per heavy atom. The summed E-state index contributed by atoms with van der Waals surface area (Å²) in [6.45, 7) is 0. The van der Waals surface area contributed by atoms with Crippen LogP contribution in [0.15, 0.2) is 24.3 Å². The lowest BCUT2D eigenvalue weighted by molar-refractivity contribution is -0.153. The lowest BCUT2D eigenvalue weighted by atomic mass is 10.5. The molecule has 0 aliphatic rings. The molecule has 2 N–H and O–H groups in total. The van der Waals surface area contributed by atoms with E-state index in [9.17, 15) is 19.2 Å². The fourth-order valence-electron chi connectivity index (χ4n) is 0.446. The van der Waals surface area contributed by atoms with E-state index < -0.39 is 23.9 Å². The van der Waals surface area contributed by atoms with E-state index in [1.807, 2.05) is 0 Å². The minimum absolute atomic E-state index is 0.483. The van der Waals surface area contributed by atoms with Gasteiger partial charge in [-0.1, -0.05) is 0 Å². The predicted octanol–water partition coefficient (Wildman–Crippen LogP) is -0.662. The Morgan fingerprint density at radius 3 is 1.33 bits per heavy atom. The first-order valence-corrected chi connectivity index (χ1v) is 3.49. The summed E-state index contributed by atoms with van der Waals surface area (Å²) in [7, 11) is 0. The van der Waals surface area contributed by atoms with E-state index in [0.29, 0.717) is 24.3 Å². The SMILES string of the molecule is O=C(O)C=CC(=O)OC(=O)C=CC(=O)O. The van der Waals surface area contributed by atoms with Gasteiger partial charge in [-0.15, -0.1) is 0 Å². The maximum atomic E-state index is 10.6. The second kappa shape index (κ2) is 6.08. The molecule has 0 bridgehead atoms. The minimum Gasteiger partial charge on any atom is -0.478 e. The van der Waals surface area contributed by atoms with Crippen LogP contribution in [0, 0.1) is 0 Å². The first kappa shape index (κ1) is 12.6. The molecule has 0 rings (SSSR count). The van der Waals surface area contributed by atoms with Crippen LogP contribution in [-0.4, -0.2) is 34.1 Å². The van der Waals surface area contributed by atoms with Crippen LogP contribution in [0.25, 0.3) is 0 Å². The molecule has 0 aliphatic heterocycles. The van der Waals surface area contributed by atoms with E-state index in [1.54, 1.807) is 0 Å². The lowest BCUT2D eigenvalue weighted by Gasteiger charge is -1.92. The molecule has 0 spiro atoms. The molecule has 0 saturated carbocycles. The smallest absolute Gasteiger partial charge is 0.338 e. The number of rotatable bonds is 4. The van der Waals surface area contributed by atoms with Gasteiger partial charge in [-0.05, 0) is 0 Å². The summed E-state index contributed by atoms with van der Waals surface area (Å²) in [5.41, 5.74) is 0. The zero-order valence-electron chi connectivity index (χ0n) is 7.25. The van der Waals surface area contributed by atoms with Gasteiger partial charge in [0.25, 0.3) is 0 Å². The standard InChI is InChI=1S/C8H6O7/c9-5(10)1-3-7(13)15-8(14)4-2-6(11)12/h1-4H,(H,9,10)(H,11,12). The van der Waals surface area contributed by atoms with Crippen LogP contribution in [0.2, 0.25) is 0 Å². The maximum absolute atomic E-state index is 10.6. The average Bonchev–Trinajstić information content (AvgIpc) is 2.11. The summed E-state index contributed by atoms with van der Waals surface area (Å²) < 4.78 is 3.97. The van der Waals surface area contributed by atoms with Crippen molar-refractivity contribution >= 4 is 23.9 Å². The van der Waals surface area contributed by atoms with Crippen LogP contribution >= 0.6 is 0 Å². The molecule has 7 heteroatoms. The van der Waals surface area contributed by atoms with E-state index in [4.69, 9.17) is 10.2 Å². The number of aliphatic carboxylic acids is 2. The highest BCUT2D eigenvalue weighted by Crippen LogP contribution is 1.86. The molecule has 0 aromatic heterocycles. The van der Waals surface area contributed by atoms with Gasteiger partial charge in [0.2, 0.25) is 0 Å². The summed E-state index contributed by atoms with van der Waals surface area (Å²) >= 11 is 0. The Balaban J connectivity index is 4.14. The number of ether oxygens (including phenoxy) is 1. The first-order chi connectivity index (χ1) is 6.91. The van der Waals surface area contributed by atoms with Crippen molar-refractivity contribution in [3.8, 4) is 0 Å². The molecular formula is C8H6O7. The summed E-state index contributed by atoms with van der Waals surface area (Å²) in [4.78, 5) is 41.1. The highest BCUT2D eigenvalue weighted by Gasteiger charge is 2.04. The van der Waals surface area contributed by atoms with E-state index in [-0.39, 0.29) is 0 Å². The predicted molar refractivity (Wildman–Crippen MR) is 44.7 cm³/mol. The number of carboxylic acid groups (broad SMARTS) is 2. The van der Waals surface area contributed by atoms with Crippen LogP contribution in [0.5, 0.6) is 0 Å². The molecule has 80 valence electrons. The van der Waals surface area contributed by atoms with Crippen LogP contribution in [0.1, 0.15) is 0 Å². The largest absolute Gasteiger partial charge is 0.478 e. The quantitative estimate of drug-likeness (QED) is 0.362. The molecule has 0 aromatic carbocycles. The molecule has 0 atom stereocenters. The zero-order valence-corrected chi connectivity index (χ0v) is 7.25. The molecule has 0 fully saturated rings. The van der Waals surface area contributed by atoms with Gasteiger partial charge in [0.1, 0.15) is 0 Å². The van der Waals surface area contributed by atoms with Crippen molar-refractivity contribution in [1.82, 2.24) is 0 Å². The topological polar surface area (TPSA) is 118 Å². The fraction of sp³-hybridized carbons (Fsp3) is 0. The van der Waals surface area contributed by atoms with Gasteiger partial charge in [0.05, 0.1) is 0 Å². The lowest BCUT2D eigenvalue weighted by Crippen LogP contribution is -2.08. The highest BCUT2D eigenvalue weighted by molar-refractivity contribution is 6.00. The third-order valence-corrected chi connectivity index (χ3v) is 0.925. The number of carbonyl (C=O) groups excluding carboxylic acids is 2. The van der Waals surface area contributed by atoms with Gasteiger partial charge in [-0.2, -0.15) is 0 Å². The molecule has 0 amide bonds. The van der Waals surface area contributed by atoms with Gasteiger partial charge in [-0.25, -0.2) is 19.2 Å². The average molecular weight is 214 g/mol. The molecule has 0 radical (unpaired) electrons. The van der Waals surface area contributed by atoms with Crippen molar-refractivity contribution in [3.63, 3.8) is 0 Å². The summed E-state index contributed by atoms with van der Waals surface area (Å²) in [6, 6.07) is 0. The molecule has 0 heterocycles. The summed E-state index contributed by atoms with van der Waals surface area (Å²) in [5, 5.41) is 16.2. The van der Waals surface area contributed by atoms with Crippen LogP contribution in [0.3, 0.4) is 0 Å². The number of hydrogen-bond donors (Lipinski definition) is 2. The molecular weight excluding hydrogens is 208 g/mol. The van der Waals surface area contributed by atoms with Crippen molar-refractivity contribution in [2.75, 3.05) is 0 Å². The first-order valence-electron chi connectivity index (χ1n) is 3.49. The fourth-order valence-corrected chi connectivity index (χ4v) is 0.446. The van der Waals surface area contributed by atoms with Gasteiger partial charge in [0.15, 0.2) is 0 Å². The number of esters is 2. The van der Waals surface area contributed by atoms with Crippen molar-refractivity contribution in [2.45, 2.75) is 0 Å². The number of carbonyl (C=O) groups is 4. The maximum Gasteiger partial charge on any atom is 0.338 e. The van der Waals surface area contributed by atoms with Gasteiger partial charge >= 0.3 is 23.9 Å². The Kier molecular flexibility index (Phi) is 5.09. The zero-order chi connectivity index (χ0) is 11.8. The molecule has 0 aromatic rings. The van der Waals surface area contributed by atoms with Gasteiger partial charge in [0, 0.05) is 24.3 Å². The third-order valence-electron chi connectivity index (χ3n) is 0.925. The number of carboxylic acids is 2. The normalized spacial score (nSPS) is 10.4. The van der Waals surface area contributed by atoms with Crippen molar-refractivity contribution in [2.24, 2.45) is 0 Å². The Hall–Kier alpha value is -2.44. The molecule has 0 saturated heterocycles. The summed E-state index contributed by atoms with van der Waals surface area (Å²) in [5.74, 6) is -5.14. The molecule has 0 aliphatic carbocycles. The summed E-state index contributed by atoms with van der Waals surface area (Å²) in [6.07, 6.45) is 2.01. The van der Waals surface area contributed by atoms with Crippen molar-refractivity contribution in [1.29, 1.82) is 0 Å². The van der Waals surface area contributed by atoms with E-state index in [2.05, 4.69) is 4.74 Å². The van der Waals surface area contributed by atoms with Crippen LogP contribution in [0.4, 0.5) is 0 Å². The van der Waals surface area contributed by atoms with E-state index in [0.717, 1.165) is 0 Å². The Labute approximate surface area is 83.3 Å². The van der Waals surface area contributed by atoms with Crippen LogP contribution < -0.4 is 0 Å². The minimum atomic E-state index is -1.37. The highest BCUT2D eigenvalue weighted by atomic mass is 16.6. The molecule has 15 heavy (non-hydrogen) atoms. The monoisotopic (exact) mass is 214 g/mol. The second-order valence-electron chi connectivity index (χ2n) is 2.08.